The number of nitrogens with zero attached hydrogens (tertiary/aromatic N) is 1. The molecule has 0 spiro atoms. The van der Waals surface area contributed by atoms with Gasteiger partial charge in [-0.25, -0.2) is 8.42 Å². The summed E-state index contributed by atoms with van der Waals surface area (Å²) < 4.78 is 25.3. The number of hydrogen-bond acceptors (Lipinski definition) is 4. The highest BCUT2D eigenvalue weighted by molar-refractivity contribution is 7.93. The zero-order valence-corrected chi connectivity index (χ0v) is 15.2. The maximum atomic E-state index is 13.3. The largest absolute Gasteiger partial charge is 0.340 e. The Hall–Kier alpha value is -1.11. The summed E-state index contributed by atoms with van der Waals surface area (Å²) >= 11 is 5.87. The number of rotatable bonds is 3. The molecule has 2 N–H and O–H groups in total. The van der Waals surface area contributed by atoms with Crippen LogP contribution in [0.2, 0.25) is 5.02 Å². The van der Waals surface area contributed by atoms with Crippen LogP contribution < -0.4 is 5.73 Å². The second-order valence-corrected chi connectivity index (χ2v) is 9.51. The molecule has 2 fully saturated rings. The summed E-state index contributed by atoms with van der Waals surface area (Å²) in [5.74, 6) is -0.273. The molecule has 1 amide bonds. The summed E-state index contributed by atoms with van der Waals surface area (Å²) in [6.45, 7) is 1.03. The molecule has 3 rings (SSSR count). The summed E-state index contributed by atoms with van der Waals surface area (Å²) in [5.41, 5.74) is 5.98. The number of sulfone groups is 1. The molecule has 1 aromatic carbocycles. The van der Waals surface area contributed by atoms with E-state index in [-0.39, 0.29) is 16.8 Å². The van der Waals surface area contributed by atoms with Gasteiger partial charge in [0.25, 0.3) is 0 Å². The van der Waals surface area contributed by atoms with Crippen molar-refractivity contribution in [2.75, 3.05) is 13.1 Å². The molecule has 1 atom stereocenters. The lowest BCUT2D eigenvalue weighted by molar-refractivity contribution is -0.135. The molecule has 1 aliphatic carbocycles. The van der Waals surface area contributed by atoms with Gasteiger partial charge in [-0.1, -0.05) is 24.4 Å². The molecule has 1 heterocycles. The third-order valence-electron chi connectivity index (χ3n) is 5.18. The Kier molecular flexibility index (Phi) is 4.91. The third-order valence-corrected chi connectivity index (χ3v) is 7.94. The van der Waals surface area contributed by atoms with Crippen LogP contribution in [-0.4, -0.2) is 43.1 Å². The van der Waals surface area contributed by atoms with Gasteiger partial charge in [0.15, 0.2) is 14.6 Å². The van der Waals surface area contributed by atoms with E-state index in [2.05, 4.69) is 0 Å². The Morgan fingerprint density at radius 3 is 2.38 bits per heavy atom. The van der Waals surface area contributed by atoms with Gasteiger partial charge < -0.3 is 10.6 Å². The van der Waals surface area contributed by atoms with Gasteiger partial charge in [0, 0.05) is 24.2 Å². The molecule has 0 aromatic heterocycles. The van der Waals surface area contributed by atoms with Crippen LogP contribution in [0.15, 0.2) is 29.2 Å². The molecule has 7 heteroatoms. The van der Waals surface area contributed by atoms with Gasteiger partial charge in [-0.2, -0.15) is 0 Å². The second kappa shape index (κ2) is 6.65. The minimum absolute atomic E-state index is 0.0700. The van der Waals surface area contributed by atoms with Crippen LogP contribution in [0.5, 0.6) is 0 Å². The molecule has 1 aliphatic heterocycles. The summed E-state index contributed by atoms with van der Waals surface area (Å²) in [4.78, 5) is 15.0. The van der Waals surface area contributed by atoms with E-state index in [1.54, 1.807) is 17.0 Å². The van der Waals surface area contributed by atoms with Crippen molar-refractivity contribution in [2.45, 2.75) is 54.2 Å². The number of amides is 1. The van der Waals surface area contributed by atoms with Crippen LogP contribution in [0, 0.1) is 0 Å². The highest BCUT2D eigenvalue weighted by Crippen LogP contribution is 2.42. The highest BCUT2D eigenvalue weighted by Gasteiger charge is 2.54. The molecule has 2 aliphatic rings. The fraction of sp³-hybridized carbons (Fsp3) is 0.588. The Labute approximate surface area is 148 Å². The number of halogens is 1. The molecule has 1 aromatic rings. The Morgan fingerprint density at radius 2 is 1.79 bits per heavy atom. The summed E-state index contributed by atoms with van der Waals surface area (Å²) in [7, 11) is -3.77. The lowest BCUT2D eigenvalue weighted by atomic mass is 10.0. The quantitative estimate of drug-likeness (QED) is 0.885. The van der Waals surface area contributed by atoms with E-state index in [1.165, 1.54) is 12.1 Å². The van der Waals surface area contributed by atoms with E-state index < -0.39 is 14.6 Å². The van der Waals surface area contributed by atoms with E-state index >= 15 is 0 Å². The summed E-state index contributed by atoms with van der Waals surface area (Å²) in [5, 5.41) is 0.475. The van der Waals surface area contributed by atoms with Crippen molar-refractivity contribution in [3.05, 3.63) is 29.3 Å². The number of piperidine rings is 1. The molecule has 1 unspecified atom stereocenters. The zero-order chi connectivity index (χ0) is 17.4. The van der Waals surface area contributed by atoms with Crippen molar-refractivity contribution in [3.8, 4) is 0 Å². The number of carbonyl (C=O) groups excluding carboxylic acids is 1. The van der Waals surface area contributed by atoms with Crippen LogP contribution in [0.4, 0.5) is 0 Å². The Balaban J connectivity index is 1.98. The summed E-state index contributed by atoms with van der Waals surface area (Å²) in [6, 6.07) is 6.02. The third kappa shape index (κ3) is 2.95. The van der Waals surface area contributed by atoms with Crippen LogP contribution in [-0.2, 0) is 14.6 Å². The number of benzene rings is 1. The van der Waals surface area contributed by atoms with Crippen molar-refractivity contribution in [1.29, 1.82) is 0 Å². The van der Waals surface area contributed by atoms with Crippen LogP contribution >= 0.6 is 11.6 Å². The van der Waals surface area contributed by atoms with E-state index in [4.69, 9.17) is 17.3 Å². The normalized spacial score (nSPS) is 24.1. The fourth-order valence-corrected chi connectivity index (χ4v) is 6.12. The highest BCUT2D eigenvalue weighted by atomic mass is 35.5. The maximum Gasteiger partial charge on any atom is 0.244 e. The average Bonchev–Trinajstić information content (AvgIpc) is 3.06. The predicted octanol–water partition coefficient (Wildman–Crippen LogP) is 2.38. The van der Waals surface area contributed by atoms with Crippen molar-refractivity contribution in [2.24, 2.45) is 5.73 Å². The Bertz CT molecular complexity index is 712. The first-order valence-corrected chi connectivity index (χ1v) is 10.3. The van der Waals surface area contributed by atoms with Crippen LogP contribution in [0.3, 0.4) is 0 Å². The van der Waals surface area contributed by atoms with Crippen molar-refractivity contribution in [3.63, 3.8) is 0 Å². The summed E-state index contributed by atoms with van der Waals surface area (Å²) in [6.07, 6.45) is 3.95. The number of hydrogen-bond donors (Lipinski definition) is 1. The molecule has 0 bridgehead atoms. The van der Waals surface area contributed by atoms with Gasteiger partial charge in [0.2, 0.25) is 5.91 Å². The first kappa shape index (κ1) is 17.7. The monoisotopic (exact) mass is 370 g/mol. The average molecular weight is 371 g/mol. The first-order valence-electron chi connectivity index (χ1n) is 8.42. The lowest BCUT2D eigenvalue weighted by Crippen LogP contribution is -2.56. The minimum atomic E-state index is -3.77. The van der Waals surface area contributed by atoms with E-state index in [0.29, 0.717) is 31.0 Å². The van der Waals surface area contributed by atoms with Gasteiger partial charge in [0.1, 0.15) is 0 Å². The van der Waals surface area contributed by atoms with Gasteiger partial charge in [-0.3, -0.25) is 4.79 Å². The molecule has 24 heavy (non-hydrogen) atoms. The topological polar surface area (TPSA) is 80.5 Å². The molecular weight excluding hydrogens is 348 g/mol. The number of carbonyl (C=O) groups is 1. The van der Waals surface area contributed by atoms with E-state index in [0.717, 1.165) is 25.7 Å². The van der Waals surface area contributed by atoms with Gasteiger partial charge in [0.05, 0.1) is 4.90 Å². The van der Waals surface area contributed by atoms with Gasteiger partial charge >= 0.3 is 0 Å². The Morgan fingerprint density at radius 1 is 1.17 bits per heavy atom. The van der Waals surface area contributed by atoms with Crippen molar-refractivity contribution >= 4 is 27.3 Å². The van der Waals surface area contributed by atoms with Crippen LogP contribution in [0.25, 0.3) is 0 Å². The number of likely N-dealkylation sites (tertiary alicyclic amines) is 1. The van der Waals surface area contributed by atoms with Crippen LogP contribution in [0.1, 0.15) is 38.5 Å². The standard InChI is InChI=1S/C17H23ClN2O3S/c18-13-5-7-15(8-6-13)24(22,23)17(9-1-2-10-17)16(21)20-11-3-4-14(19)12-20/h5-8,14H,1-4,9-12,19H2. The van der Waals surface area contributed by atoms with E-state index in [1.807, 2.05) is 0 Å². The molecule has 132 valence electrons. The first-order chi connectivity index (χ1) is 11.4. The fourth-order valence-electron chi connectivity index (χ4n) is 3.87. The molecular formula is C17H23ClN2O3S. The lowest BCUT2D eigenvalue weighted by Gasteiger charge is -2.37. The van der Waals surface area contributed by atoms with Gasteiger partial charge in [-0.05, 0) is 49.9 Å². The van der Waals surface area contributed by atoms with Crippen molar-refractivity contribution in [1.82, 2.24) is 4.90 Å². The maximum absolute atomic E-state index is 13.3. The second-order valence-electron chi connectivity index (χ2n) is 6.81. The SMILES string of the molecule is NC1CCCN(C(=O)C2(S(=O)(=O)c3ccc(Cl)cc3)CCCC2)C1. The smallest absolute Gasteiger partial charge is 0.244 e. The molecule has 0 radical (unpaired) electrons. The number of nitrogens with two attached hydrogens (primary N) is 1. The molecule has 5 nitrogen and oxygen atoms in total. The zero-order valence-electron chi connectivity index (χ0n) is 13.6. The van der Waals surface area contributed by atoms with Crippen molar-refractivity contribution < 1.29 is 13.2 Å². The van der Waals surface area contributed by atoms with E-state index in [9.17, 15) is 13.2 Å². The minimum Gasteiger partial charge on any atom is -0.340 e. The molecule has 1 saturated carbocycles. The predicted molar refractivity (Wildman–Crippen MR) is 93.6 cm³/mol. The van der Waals surface area contributed by atoms with Gasteiger partial charge in [-0.15, -0.1) is 0 Å². The molecule has 1 saturated heterocycles.